The molecule has 0 bridgehead atoms. The maximum atomic E-state index is 5.72. The van der Waals surface area contributed by atoms with Crippen molar-refractivity contribution in [2.75, 3.05) is 32.8 Å². The minimum atomic E-state index is 0.282. The van der Waals surface area contributed by atoms with E-state index in [2.05, 4.69) is 45.9 Å². The number of benzene rings is 1. The number of hydrogen-bond acceptors (Lipinski definition) is 4. The van der Waals surface area contributed by atoms with Gasteiger partial charge in [-0.25, -0.2) is 4.68 Å². The Morgan fingerprint density at radius 2 is 1.80 bits per heavy atom. The Morgan fingerprint density at radius 3 is 2.52 bits per heavy atom. The van der Waals surface area contributed by atoms with Crippen molar-refractivity contribution in [3.63, 3.8) is 0 Å². The van der Waals surface area contributed by atoms with Gasteiger partial charge in [0.15, 0.2) is 0 Å². The van der Waals surface area contributed by atoms with Gasteiger partial charge in [0.1, 0.15) is 39.3 Å². The second-order valence-corrected chi connectivity index (χ2v) is 7.25. The summed E-state index contributed by atoms with van der Waals surface area (Å²) in [5.74, 6) is 0.997. The molecule has 3 heterocycles. The van der Waals surface area contributed by atoms with E-state index in [9.17, 15) is 0 Å². The van der Waals surface area contributed by atoms with Crippen molar-refractivity contribution in [1.82, 2.24) is 20.2 Å². The van der Waals surface area contributed by atoms with Gasteiger partial charge in [-0.3, -0.25) is 0 Å². The Kier molecular flexibility index (Phi) is 5.34. The van der Waals surface area contributed by atoms with Gasteiger partial charge in [0.05, 0.1) is 12.6 Å². The third-order valence-corrected chi connectivity index (χ3v) is 5.38. The van der Waals surface area contributed by atoms with Crippen LogP contribution < -0.4 is 9.80 Å². The van der Waals surface area contributed by atoms with Crippen molar-refractivity contribution in [1.29, 1.82) is 0 Å². The van der Waals surface area contributed by atoms with Gasteiger partial charge in [0.25, 0.3) is 0 Å². The first kappa shape index (κ1) is 16.6. The number of hydrogen-bond donors (Lipinski definition) is 2. The van der Waals surface area contributed by atoms with Gasteiger partial charge < -0.3 is 14.5 Å². The van der Waals surface area contributed by atoms with E-state index in [4.69, 9.17) is 4.74 Å². The molecule has 25 heavy (non-hydrogen) atoms. The Balaban J connectivity index is 1.27. The molecule has 1 aromatic carbocycles. The van der Waals surface area contributed by atoms with Gasteiger partial charge in [-0.15, -0.1) is 5.10 Å². The zero-order valence-corrected chi connectivity index (χ0v) is 14.7. The van der Waals surface area contributed by atoms with Crippen LogP contribution in [-0.4, -0.2) is 59.1 Å². The quantitative estimate of drug-likeness (QED) is 0.658. The van der Waals surface area contributed by atoms with E-state index in [1.165, 1.54) is 31.7 Å². The zero-order valence-electron chi connectivity index (χ0n) is 14.7. The summed E-state index contributed by atoms with van der Waals surface area (Å²) in [4.78, 5) is 3.26. The number of nitrogens with zero attached hydrogens (tertiary/aromatic N) is 4. The predicted molar refractivity (Wildman–Crippen MR) is 92.0 cm³/mol. The van der Waals surface area contributed by atoms with Crippen molar-refractivity contribution >= 4 is 0 Å². The first-order valence-corrected chi connectivity index (χ1v) is 9.44. The topological polar surface area (TPSA) is 61.7 Å². The van der Waals surface area contributed by atoms with E-state index in [0.29, 0.717) is 0 Å². The van der Waals surface area contributed by atoms with E-state index >= 15 is 0 Å². The molecular weight excluding hydrogens is 316 g/mol. The fourth-order valence-electron chi connectivity index (χ4n) is 3.89. The van der Waals surface area contributed by atoms with Gasteiger partial charge in [-0.2, -0.15) is 0 Å². The van der Waals surface area contributed by atoms with Crippen LogP contribution in [0.1, 0.15) is 24.2 Å². The molecule has 2 aliphatic rings. The molecule has 7 nitrogen and oxygen atoms in total. The molecule has 1 atom stereocenters. The van der Waals surface area contributed by atoms with E-state index in [-0.39, 0.29) is 6.10 Å². The summed E-state index contributed by atoms with van der Waals surface area (Å²) in [6, 6.07) is 10.8. The van der Waals surface area contributed by atoms with Crippen molar-refractivity contribution in [2.24, 2.45) is 0 Å². The van der Waals surface area contributed by atoms with Crippen molar-refractivity contribution in [3.8, 4) is 0 Å². The lowest BCUT2D eigenvalue weighted by Gasteiger charge is -2.29. The standard InChI is InChI=1S/C18H26N6O/c1-2-5-16(6-3-1)13-22-8-10-23(11-9-22)15-18-19-20-21-24(18)14-17-7-4-12-25-17/h1-3,5-6,17H,4,7-15H2/p+2/t17-/m0/s1. The summed E-state index contributed by atoms with van der Waals surface area (Å²) in [5, 5.41) is 12.3. The molecule has 0 spiro atoms. The Morgan fingerprint density at radius 1 is 1.04 bits per heavy atom. The molecule has 2 aromatic rings. The van der Waals surface area contributed by atoms with Crippen LogP contribution in [0.3, 0.4) is 0 Å². The lowest BCUT2D eigenvalue weighted by Crippen LogP contribution is -3.27. The minimum absolute atomic E-state index is 0.282. The molecular formula is C18H28N6O+2. The number of quaternary nitrogens is 2. The lowest BCUT2D eigenvalue weighted by molar-refractivity contribution is -1.02. The smallest absolute Gasteiger partial charge is 0.206 e. The van der Waals surface area contributed by atoms with Crippen LogP contribution in [0, 0.1) is 0 Å². The summed E-state index contributed by atoms with van der Waals surface area (Å²) in [6.07, 6.45) is 2.55. The fourth-order valence-corrected chi connectivity index (χ4v) is 3.89. The van der Waals surface area contributed by atoms with Gasteiger partial charge in [0.2, 0.25) is 5.82 Å². The molecule has 2 N–H and O–H groups in total. The maximum Gasteiger partial charge on any atom is 0.206 e. The monoisotopic (exact) mass is 344 g/mol. The second kappa shape index (κ2) is 8.03. The molecule has 0 radical (unpaired) electrons. The average Bonchev–Trinajstić information content (AvgIpc) is 3.31. The summed E-state index contributed by atoms with van der Waals surface area (Å²) in [7, 11) is 0. The predicted octanol–water partition coefficient (Wildman–Crippen LogP) is -1.66. The average molecular weight is 344 g/mol. The van der Waals surface area contributed by atoms with Crippen LogP contribution in [0.15, 0.2) is 30.3 Å². The van der Waals surface area contributed by atoms with Gasteiger partial charge >= 0.3 is 0 Å². The lowest BCUT2D eigenvalue weighted by atomic mass is 10.2. The third-order valence-electron chi connectivity index (χ3n) is 5.38. The Labute approximate surface area is 148 Å². The molecule has 2 aliphatic heterocycles. The first-order chi connectivity index (χ1) is 12.4. The molecule has 0 amide bonds. The highest BCUT2D eigenvalue weighted by Gasteiger charge is 2.26. The summed E-state index contributed by atoms with van der Waals surface area (Å²) in [6.45, 7) is 8.47. The van der Waals surface area contributed by atoms with Crippen molar-refractivity contribution in [2.45, 2.75) is 38.6 Å². The minimum Gasteiger partial charge on any atom is -0.376 e. The number of nitrogens with one attached hydrogen (secondary N) is 2. The molecule has 2 saturated heterocycles. The van der Waals surface area contributed by atoms with Gasteiger partial charge in [-0.1, -0.05) is 30.3 Å². The van der Waals surface area contributed by atoms with E-state index in [1.54, 1.807) is 9.80 Å². The molecule has 7 heteroatoms. The summed E-state index contributed by atoms with van der Waals surface area (Å²) < 4.78 is 7.67. The normalized spacial score (nSPS) is 26.8. The number of piperazine rings is 1. The molecule has 0 unspecified atom stereocenters. The first-order valence-electron chi connectivity index (χ1n) is 9.44. The number of aromatic nitrogens is 4. The van der Waals surface area contributed by atoms with E-state index < -0.39 is 0 Å². The Bertz CT molecular complexity index is 647. The molecule has 0 aliphatic carbocycles. The van der Waals surface area contributed by atoms with Gasteiger partial charge in [-0.05, 0) is 23.3 Å². The van der Waals surface area contributed by atoms with E-state index in [1.807, 2.05) is 4.68 Å². The highest BCUT2D eigenvalue weighted by molar-refractivity contribution is 5.13. The van der Waals surface area contributed by atoms with Crippen LogP contribution in [0.25, 0.3) is 0 Å². The van der Waals surface area contributed by atoms with Crippen LogP contribution in [-0.2, 0) is 24.4 Å². The maximum absolute atomic E-state index is 5.72. The van der Waals surface area contributed by atoms with Crippen LogP contribution in [0.5, 0.6) is 0 Å². The molecule has 2 fully saturated rings. The second-order valence-electron chi connectivity index (χ2n) is 7.25. The molecule has 4 rings (SSSR count). The molecule has 134 valence electrons. The largest absolute Gasteiger partial charge is 0.376 e. The number of rotatable bonds is 6. The third kappa shape index (κ3) is 4.42. The summed E-state index contributed by atoms with van der Waals surface area (Å²) in [5.41, 5.74) is 1.43. The van der Waals surface area contributed by atoms with Crippen molar-refractivity contribution < 1.29 is 14.5 Å². The van der Waals surface area contributed by atoms with Crippen LogP contribution >= 0.6 is 0 Å². The van der Waals surface area contributed by atoms with Crippen LogP contribution in [0.2, 0.25) is 0 Å². The number of tetrazole rings is 1. The highest BCUT2D eigenvalue weighted by Crippen LogP contribution is 2.13. The fraction of sp³-hybridized carbons (Fsp3) is 0.611. The zero-order chi connectivity index (χ0) is 16.9. The van der Waals surface area contributed by atoms with Crippen molar-refractivity contribution in [3.05, 3.63) is 41.7 Å². The molecule has 0 saturated carbocycles. The summed E-state index contributed by atoms with van der Waals surface area (Å²) >= 11 is 0. The highest BCUT2D eigenvalue weighted by atomic mass is 16.5. The SMILES string of the molecule is c1ccc(C[NH+]2CC[NH+](Cc3nnnn3C[C@@H]3CCCO3)CC2)cc1. The van der Waals surface area contributed by atoms with Gasteiger partial charge in [0, 0.05) is 12.2 Å². The van der Waals surface area contributed by atoms with Crippen LogP contribution in [0.4, 0.5) is 0 Å². The Hall–Kier alpha value is -1.83. The van der Waals surface area contributed by atoms with E-state index in [0.717, 1.165) is 44.9 Å². The molecule has 1 aromatic heterocycles. The number of ether oxygens (including phenoxy) is 1.